The number of nitrogens with one attached hydrogen (secondary N) is 2. The highest BCUT2D eigenvalue weighted by molar-refractivity contribution is 6.06. The van der Waals surface area contributed by atoms with E-state index in [-0.39, 0.29) is 11.6 Å². The van der Waals surface area contributed by atoms with Crippen LogP contribution < -0.4 is 5.32 Å². The summed E-state index contributed by atoms with van der Waals surface area (Å²) in [5.41, 5.74) is 4.20. The number of amides is 1. The minimum absolute atomic E-state index is 0.241. The van der Waals surface area contributed by atoms with Crippen molar-refractivity contribution in [2.75, 3.05) is 5.32 Å². The van der Waals surface area contributed by atoms with Gasteiger partial charge in [0, 0.05) is 29.2 Å². The van der Waals surface area contributed by atoms with Gasteiger partial charge in [-0.1, -0.05) is 0 Å². The number of nitrogens with zero attached hydrogens (tertiary/aromatic N) is 4. The molecule has 3 heterocycles. The van der Waals surface area contributed by atoms with Gasteiger partial charge in [0.05, 0.1) is 18.0 Å². The molecule has 26 heavy (non-hydrogen) atoms. The fourth-order valence-electron chi connectivity index (χ4n) is 2.95. The summed E-state index contributed by atoms with van der Waals surface area (Å²) in [6, 6.07) is 9.28. The quantitative estimate of drug-likeness (QED) is 0.592. The topological polar surface area (TPSA) is 113 Å². The fraction of sp³-hybridized carbons (Fsp3) is 0.111. The number of anilines is 1. The highest BCUT2D eigenvalue weighted by atomic mass is 16.3. The van der Waals surface area contributed by atoms with Gasteiger partial charge in [-0.3, -0.25) is 14.6 Å². The maximum Gasteiger partial charge on any atom is 0.274 e. The lowest BCUT2D eigenvalue weighted by molar-refractivity contribution is 0.101. The van der Waals surface area contributed by atoms with Gasteiger partial charge < -0.3 is 9.73 Å². The first-order chi connectivity index (χ1) is 12.6. The zero-order valence-electron chi connectivity index (χ0n) is 14.1. The lowest BCUT2D eigenvalue weighted by atomic mass is 10.1. The van der Waals surface area contributed by atoms with Crippen molar-refractivity contribution >= 4 is 22.5 Å². The number of aryl methyl sites for hydroxylation is 1. The number of furan rings is 1. The standard InChI is InChI=1S/C18H14N6O2/c1-10-15(8-19)23-24(2)17(10)18(25)20-12-3-4-14-13(7-12)16(22-21-14)11-5-6-26-9-11/h3-7,9H,1-2H3,(H,20,25)(H,21,22). The van der Waals surface area contributed by atoms with E-state index >= 15 is 0 Å². The number of nitriles is 1. The Labute approximate surface area is 148 Å². The average molecular weight is 346 g/mol. The van der Waals surface area contributed by atoms with Crippen molar-refractivity contribution in [2.45, 2.75) is 6.92 Å². The molecule has 0 spiro atoms. The molecule has 0 aliphatic rings. The third-order valence-electron chi connectivity index (χ3n) is 4.22. The summed E-state index contributed by atoms with van der Waals surface area (Å²) >= 11 is 0. The largest absolute Gasteiger partial charge is 0.472 e. The molecule has 0 radical (unpaired) electrons. The number of aromatic amines is 1. The number of hydrogen-bond acceptors (Lipinski definition) is 5. The maximum atomic E-state index is 12.7. The summed E-state index contributed by atoms with van der Waals surface area (Å²) in [7, 11) is 1.64. The van der Waals surface area contributed by atoms with Crippen LogP contribution in [0.5, 0.6) is 0 Å². The molecule has 2 N–H and O–H groups in total. The Morgan fingerprint density at radius 1 is 1.38 bits per heavy atom. The van der Waals surface area contributed by atoms with E-state index < -0.39 is 0 Å². The molecule has 8 nitrogen and oxygen atoms in total. The Balaban J connectivity index is 1.70. The van der Waals surface area contributed by atoms with E-state index in [4.69, 9.17) is 9.68 Å². The molecule has 0 bridgehead atoms. The Morgan fingerprint density at radius 2 is 2.23 bits per heavy atom. The van der Waals surface area contributed by atoms with Gasteiger partial charge in [0.1, 0.15) is 17.5 Å². The molecule has 128 valence electrons. The molecule has 3 aromatic heterocycles. The summed E-state index contributed by atoms with van der Waals surface area (Å²) in [5, 5.41) is 24.1. The molecule has 8 heteroatoms. The summed E-state index contributed by atoms with van der Waals surface area (Å²) in [5.74, 6) is -0.327. The molecule has 4 aromatic rings. The molecule has 0 aliphatic carbocycles. The summed E-state index contributed by atoms with van der Waals surface area (Å²) in [6.07, 6.45) is 3.20. The Kier molecular flexibility index (Phi) is 3.55. The van der Waals surface area contributed by atoms with Crippen molar-refractivity contribution in [1.29, 1.82) is 5.26 Å². The number of carbonyl (C=O) groups excluding carboxylic acids is 1. The van der Waals surface area contributed by atoms with Gasteiger partial charge in [-0.05, 0) is 31.2 Å². The maximum absolute atomic E-state index is 12.7. The van der Waals surface area contributed by atoms with Crippen molar-refractivity contribution in [1.82, 2.24) is 20.0 Å². The predicted molar refractivity (Wildman–Crippen MR) is 94.4 cm³/mol. The molecule has 1 aromatic carbocycles. The molecule has 4 rings (SSSR count). The Morgan fingerprint density at radius 3 is 2.92 bits per heavy atom. The second kappa shape index (κ2) is 5.89. The molecule has 0 unspecified atom stereocenters. The van der Waals surface area contributed by atoms with Crippen LogP contribution in [0, 0.1) is 18.3 Å². The number of benzene rings is 1. The summed E-state index contributed by atoms with van der Waals surface area (Å²) in [4.78, 5) is 12.7. The third kappa shape index (κ3) is 2.43. The van der Waals surface area contributed by atoms with Crippen molar-refractivity contribution in [3.63, 3.8) is 0 Å². The zero-order valence-corrected chi connectivity index (χ0v) is 14.1. The van der Waals surface area contributed by atoms with Crippen molar-refractivity contribution in [3.05, 3.63) is 53.7 Å². The van der Waals surface area contributed by atoms with E-state index in [9.17, 15) is 4.79 Å². The Bertz CT molecular complexity index is 1160. The highest BCUT2D eigenvalue weighted by Gasteiger charge is 2.19. The molecule has 0 atom stereocenters. The Hall–Kier alpha value is -3.86. The van der Waals surface area contributed by atoms with Crippen LogP contribution in [0.4, 0.5) is 5.69 Å². The van der Waals surface area contributed by atoms with E-state index in [1.807, 2.05) is 24.3 Å². The average Bonchev–Trinajstić information content (AvgIpc) is 3.33. The molecule has 0 aliphatic heterocycles. The monoisotopic (exact) mass is 346 g/mol. The fourth-order valence-corrected chi connectivity index (χ4v) is 2.95. The number of fused-ring (bicyclic) bond motifs is 1. The number of H-pyrrole nitrogens is 1. The van der Waals surface area contributed by atoms with Crippen LogP contribution in [-0.4, -0.2) is 25.9 Å². The lowest BCUT2D eigenvalue weighted by Gasteiger charge is -2.07. The summed E-state index contributed by atoms with van der Waals surface area (Å²) in [6.45, 7) is 1.71. The number of hydrogen-bond donors (Lipinski definition) is 2. The van der Waals surface area contributed by atoms with Crippen molar-refractivity contribution in [3.8, 4) is 17.3 Å². The minimum Gasteiger partial charge on any atom is -0.472 e. The lowest BCUT2D eigenvalue weighted by Crippen LogP contribution is -2.17. The van der Waals surface area contributed by atoms with Crippen LogP contribution in [-0.2, 0) is 7.05 Å². The predicted octanol–water partition coefficient (Wildman–Crippen LogP) is 2.99. The number of carbonyl (C=O) groups is 1. The van der Waals surface area contributed by atoms with Gasteiger partial charge in [0.2, 0.25) is 0 Å². The SMILES string of the molecule is Cc1c(C#N)nn(C)c1C(=O)Nc1ccc2[nH]nc(-c3ccoc3)c2c1. The second-order valence-electron chi connectivity index (χ2n) is 5.86. The van der Waals surface area contributed by atoms with Crippen molar-refractivity contribution < 1.29 is 9.21 Å². The third-order valence-corrected chi connectivity index (χ3v) is 4.22. The van der Waals surface area contributed by atoms with Gasteiger partial charge in [0.15, 0.2) is 5.69 Å². The number of rotatable bonds is 3. The first-order valence-electron chi connectivity index (χ1n) is 7.84. The molecule has 1 amide bonds. The van der Waals surface area contributed by atoms with Gasteiger partial charge in [-0.15, -0.1) is 0 Å². The summed E-state index contributed by atoms with van der Waals surface area (Å²) < 4.78 is 6.53. The van der Waals surface area contributed by atoms with Gasteiger partial charge >= 0.3 is 0 Å². The van der Waals surface area contributed by atoms with E-state index in [0.717, 1.165) is 22.2 Å². The number of aromatic nitrogens is 4. The first-order valence-corrected chi connectivity index (χ1v) is 7.84. The zero-order chi connectivity index (χ0) is 18.3. The van der Waals surface area contributed by atoms with Crippen LogP contribution >= 0.6 is 0 Å². The van der Waals surface area contributed by atoms with Crippen LogP contribution in [0.25, 0.3) is 22.2 Å². The van der Waals surface area contributed by atoms with Crippen molar-refractivity contribution in [2.24, 2.45) is 7.05 Å². The minimum atomic E-state index is -0.327. The molecule has 0 fully saturated rings. The van der Waals surface area contributed by atoms with Gasteiger partial charge in [-0.2, -0.15) is 15.5 Å². The van der Waals surface area contributed by atoms with E-state index in [1.54, 1.807) is 32.6 Å². The van der Waals surface area contributed by atoms with Crippen LogP contribution in [0.3, 0.4) is 0 Å². The van der Waals surface area contributed by atoms with Crippen LogP contribution in [0.2, 0.25) is 0 Å². The second-order valence-corrected chi connectivity index (χ2v) is 5.86. The van der Waals surface area contributed by atoms with E-state index in [1.165, 1.54) is 4.68 Å². The van der Waals surface area contributed by atoms with Gasteiger partial charge in [0.25, 0.3) is 5.91 Å². The van der Waals surface area contributed by atoms with E-state index in [2.05, 4.69) is 20.6 Å². The smallest absolute Gasteiger partial charge is 0.274 e. The molecular formula is C18H14N6O2. The first kappa shape index (κ1) is 15.7. The highest BCUT2D eigenvalue weighted by Crippen LogP contribution is 2.29. The van der Waals surface area contributed by atoms with Gasteiger partial charge in [-0.25, -0.2) is 0 Å². The molecule has 0 saturated heterocycles. The van der Waals surface area contributed by atoms with Crippen LogP contribution in [0.15, 0.2) is 41.2 Å². The molecule has 0 saturated carbocycles. The molecular weight excluding hydrogens is 332 g/mol. The van der Waals surface area contributed by atoms with Crippen LogP contribution in [0.1, 0.15) is 21.7 Å². The normalized spacial score (nSPS) is 10.8. The van der Waals surface area contributed by atoms with E-state index in [0.29, 0.717) is 16.9 Å².